The Kier molecular flexibility index (Phi) is 4.05. The van der Waals surface area contributed by atoms with E-state index in [1.54, 1.807) is 0 Å². The van der Waals surface area contributed by atoms with E-state index in [1.807, 2.05) is 0 Å². The monoisotopic (exact) mass is 239 g/mol. The molecule has 2 heterocycles. The molecule has 0 aliphatic carbocycles. The summed E-state index contributed by atoms with van der Waals surface area (Å²) in [5.74, 6) is 0.384. The summed E-state index contributed by atoms with van der Waals surface area (Å²) in [4.78, 5) is 17.0. The smallest absolute Gasteiger partial charge is 0.228 e. The summed E-state index contributed by atoms with van der Waals surface area (Å²) >= 11 is 0. The Morgan fingerprint density at radius 1 is 1.12 bits per heavy atom. The van der Waals surface area contributed by atoms with E-state index in [9.17, 15) is 4.79 Å². The number of hydrogen-bond acceptors (Lipinski definition) is 3. The van der Waals surface area contributed by atoms with Gasteiger partial charge in [0.2, 0.25) is 5.91 Å². The maximum atomic E-state index is 12.6. The lowest BCUT2D eigenvalue weighted by molar-refractivity contribution is -0.142. The summed E-state index contributed by atoms with van der Waals surface area (Å²) in [6, 6.07) is 0. The molecule has 2 fully saturated rings. The zero-order valence-electron chi connectivity index (χ0n) is 11.2. The summed E-state index contributed by atoms with van der Waals surface area (Å²) in [6.45, 7) is 8.07. The van der Waals surface area contributed by atoms with E-state index in [0.717, 1.165) is 58.5 Å². The van der Waals surface area contributed by atoms with E-state index in [1.165, 1.54) is 0 Å². The largest absolute Gasteiger partial charge is 0.341 e. The average molecular weight is 239 g/mol. The van der Waals surface area contributed by atoms with Crippen molar-refractivity contribution in [3.63, 3.8) is 0 Å². The summed E-state index contributed by atoms with van der Waals surface area (Å²) < 4.78 is 0. The zero-order valence-corrected chi connectivity index (χ0v) is 11.2. The minimum atomic E-state index is -0.117. The van der Waals surface area contributed by atoms with Gasteiger partial charge < -0.3 is 15.1 Å². The summed E-state index contributed by atoms with van der Waals surface area (Å²) in [6.07, 6.45) is 3.08. The normalized spacial score (nSPS) is 26.6. The lowest BCUT2D eigenvalue weighted by Crippen LogP contribution is -2.48. The van der Waals surface area contributed by atoms with Crippen LogP contribution in [0.5, 0.6) is 0 Å². The number of piperidine rings is 1. The molecule has 0 aromatic rings. The molecule has 4 nitrogen and oxygen atoms in total. The van der Waals surface area contributed by atoms with E-state index < -0.39 is 0 Å². The predicted octanol–water partition coefficient (Wildman–Crippen LogP) is 0.540. The van der Waals surface area contributed by atoms with Crippen LogP contribution in [0.1, 0.15) is 26.2 Å². The fourth-order valence-corrected chi connectivity index (χ4v) is 2.82. The molecule has 2 aliphatic heterocycles. The molecule has 0 saturated carbocycles. The van der Waals surface area contributed by atoms with Gasteiger partial charge in [-0.2, -0.15) is 0 Å². The Hall–Kier alpha value is -0.610. The van der Waals surface area contributed by atoms with E-state index in [-0.39, 0.29) is 5.41 Å². The lowest BCUT2D eigenvalue weighted by atomic mass is 9.79. The molecule has 2 rings (SSSR count). The third-order valence-electron chi connectivity index (χ3n) is 4.23. The molecule has 4 heteroatoms. The van der Waals surface area contributed by atoms with Crippen LogP contribution in [0.2, 0.25) is 0 Å². The SMILES string of the molecule is CN1CCCN(C(=O)C2(C)CCNCC2)CC1. The third-order valence-corrected chi connectivity index (χ3v) is 4.23. The standard InChI is InChI=1S/C13H25N3O/c1-13(4-6-14-7-5-13)12(17)16-9-3-8-15(2)10-11-16/h14H,3-11H2,1-2H3. The Morgan fingerprint density at radius 3 is 2.53 bits per heavy atom. The molecule has 1 amide bonds. The first-order chi connectivity index (χ1) is 8.12. The number of carbonyl (C=O) groups excluding carboxylic acids is 1. The second kappa shape index (κ2) is 5.36. The van der Waals surface area contributed by atoms with E-state index >= 15 is 0 Å². The molecular formula is C13H25N3O. The van der Waals surface area contributed by atoms with Gasteiger partial charge >= 0.3 is 0 Å². The van der Waals surface area contributed by atoms with Gasteiger partial charge in [0.15, 0.2) is 0 Å². The highest BCUT2D eigenvalue weighted by molar-refractivity contribution is 5.82. The van der Waals surface area contributed by atoms with Gasteiger partial charge in [-0.3, -0.25) is 4.79 Å². The molecule has 17 heavy (non-hydrogen) atoms. The quantitative estimate of drug-likeness (QED) is 0.725. The number of nitrogens with one attached hydrogen (secondary N) is 1. The van der Waals surface area contributed by atoms with Crippen molar-refractivity contribution in [3.8, 4) is 0 Å². The molecule has 0 bridgehead atoms. The summed E-state index contributed by atoms with van der Waals surface area (Å²) in [5.41, 5.74) is -0.117. The maximum Gasteiger partial charge on any atom is 0.228 e. The molecule has 2 aliphatic rings. The highest BCUT2D eigenvalue weighted by Crippen LogP contribution is 2.30. The van der Waals surface area contributed by atoms with Crippen molar-refractivity contribution in [2.75, 3.05) is 46.3 Å². The van der Waals surface area contributed by atoms with E-state index in [4.69, 9.17) is 0 Å². The van der Waals surface area contributed by atoms with Gasteiger partial charge in [0.1, 0.15) is 0 Å². The van der Waals surface area contributed by atoms with E-state index in [2.05, 4.69) is 29.1 Å². The molecule has 0 atom stereocenters. The number of hydrogen-bond donors (Lipinski definition) is 1. The predicted molar refractivity (Wildman–Crippen MR) is 68.9 cm³/mol. The van der Waals surface area contributed by atoms with Crippen molar-refractivity contribution in [1.82, 2.24) is 15.1 Å². The fourth-order valence-electron chi connectivity index (χ4n) is 2.82. The van der Waals surface area contributed by atoms with Crippen LogP contribution in [-0.4, -0.2) is 62.0 Å². The van der Waals surface area contributed by atoms with Gasteiger partial charge in [0.25, 0.3) is 0 Å². The fraction of sp³-hybridized carbons (Fsp3) is 0.923. The molecular weight excluding hydrogens is 214 g/mol. The maximum absolute atomic E-state index is 12.6. The second-order valence-electron chi connectivity index (χ2n) is 5.76. The van der Waals surface area contributed by atoms with Crippen molar-refractivity contribution in [3.05, 3.63) is 0 Å². The molecule has 98 valence electrons. The topological polar surface area (TPSA) is 35.6 Å². The number of amides is 1. The average Bonchev–Trinajstić information content (AvgIpc) is 2.54. The molecule has 0 aromatic heterocycles. The summed E-state index contributed by atoms with van der Waals surface area (Å²) in [5, 5.41) is 3.34. The van der Waals surface area contributed by atoms with Crippen molar-refractivity contribution >= 4 is 5.91 Å². The van der Waals surface area contributed by atoms with Crippen LogP contribution in [-0.2, 0) is 4.79 Å². The first kappa shape index (κ1) is 12.8. The van der Waals surface area contributed by atoms with Gasteiger partial charge in [-0.1, -0.05) is 6.92 Å². The van der Waals surface area contributed by atoms with Crippen LogP contribution in [0.4, 0.5) is 0 Å². The minimum absolute atomic E-state index is 0.117. The Balaban J connectivity index is 1.98. The van der Waals surface area contributed by atoms with Gasteiger partial charge in [-0.15, -0.1) is 0 Å². The Bertz CT molecular complexity index is 274. The van der Waals surface area contributed by atoms with Crippen LogP contribution >= 0.6 is 0 Å². The van der Waals surface area contributed by atoms with Crippen molar-refractivity contribution in [2.24, 2.45) is 5.41 Å². The molecule has 0 unspecified atom stereocenters. The second-order valence-corrected chi connectivity index (χ2v) is 5.76. The van der Waals surface area contributed by atoms with Crippen LogP contribution in [0, 0.1) is 5.41 Å². The number of nitrogens with zero attached hydrogens (tertiary/aromatic N) is 2. The number of likely N-dealkylation sites (N-methyl/N-ethyl adjacent to an activating group) is 1. The van der Waals surface area contributed by atoms with Gasteiger partial charge in [0.05, 0.1) is 0 Å². The van der Waals surface area contributed by atoms with Gasteiger partial charge in [0, 0.05) is 25.0 Å². The van der Waals surface area contributed by atoms with Gasteiger partial charge in [-0.25, -0.2) is 0 Å². The molecule has 0 radical (unpaired) electrons. The molecule has 0 spiro atoms. The first-order valence-corrected chi connectivity index (χ1v) is 6.80. The van der Waals surface area contributed by atoms with Crippen LogP contribution in [0.15, 0.2) is 0 Å². The highest BCUT2D eigenvalue weighted by Gasteiger charge is 2.37. The van der Waals surface area contributed by atoms with Crippen LogP contribution in [0.3, 0.4) is 0 Å². The lowest BCUT2D eigenvalue weighted by Gasteiger charge is -2.37. The van der Waals surface area contributed by atoms with Crippen LogP contribution in [0.25, 0.3) is 0 Å². The Labute approximate surface area is 104 Å². The Morgan fingerprint density at radius 2 is 1.82 bits per heavy atom. The minimum Gasteiger partial charge on any atom is -0.341 e. The number of rotatable bonds is 1. The van der Waals surface area contributed by atoms with Crippen molar-refractivity contribution in [1.29, 1.82) is 0 Å². The summed E-state index contributed by atoms with van der Waals surface area (Å²) in [7, 11) is 2.14. The molecule has 0 aromatic carbocycles. The number of carbonyl (C=O) groups is 1. The van der Waals surface area contributed by atoms with Crippen molar-refractivity contribution in [2.45, 2.75) is 26.2 Å². The van der Waals surface area contributed by atoms with E-state index in [0.29, 0.717) is 5.91 Å². The van der Waals surface area contributed by atoms with Gasteiger partial charge in [-0.05, 0) is 45.9 Å². The highest BCUT2D eigenvalue weighted by atomic mass is 16.2. The molecule has 1 N–H and O–H groups in total. The molecule has 2 saturated heterocycles. The van der Waals surface area contributed by atoms with Crippen molar-refractivity contribution < 1.29 is 4.79 Å². The van der Waals surface area contributed by atoms with Crippen LogP contribution < -0.4 is 5.32 Å². The first-order valence-electron chi connectivity index (χ1n) is 6.80. The zero-order chi connectivity index (χ0) is 12.3. The third kappa shape index (κ3) is 2.99.